The highest BCUT2D eigenvalue weighted by Gasteiger charge is 2.14. The van der Waals surface area contributed by atoms with Crippen LogP contribution >= 0.6 is 0 Å². The third-order valence-electron chi connectivity index (χ3n) is 2.60. The topological polar surface area (TPSA) is 38.3 Å². The van der Waals surface area contributed by atoms with Gasteiger partial charge in [0.1, 0.15) is 18.9 Å². The third-order valence-corrected chi connectivity index (χ3v) is 2.60. The number of benzene rings is 1. The van der Waals surface area contributed by atoms with Gasteiger partial charge in [-0.25, -0.2) is 14.0 Å². The van der Waals surface area contributed by atoms with Gasteiger partial charge in [-0.2, -0.15) is 0 Å². The average molecular weight is 219 g/mol. The van der Waals surface area contributed by atoms with Gasteiger partial charge in [0.25, 0.3) is 5.82 Å². The van der Waals surface area contributed by atoms with E-state index in [0.29, 0.717) is 0 Å². The zero-order chi connectivity index (χ0) is 11.4. The van der Waals surface area contributed by atoms with E-state index in [2.05, 4.69) is 17.0 Å². The van der Waals surface area contributed by atoms with Gasteiger partial charge < -0.3 is 0 Å². The van der Waals surface area contributed by atoms with E-state index in [1.807, 2.05) is 46.8 Å². The van der Waals surface area contributed by atoms with Crippen LogP contribution in [0, 0.1) is 0 Å². The smallest absolute Gasteiger partial charge is 0.251 e. The lowest BCUT2D eigenvalue weighted by molar-refractivity contribution is -0.682. The molecule has 0 aliphatic rings. The molecule has 1 aromatic carbocycles. The average Bonchev–Trinajstić information content (AvgIpc) is 2.64. The van der Waals surface area contributed by atoms with E-state index < -0.39 is 0 Å². The van der Waals surface area contributed by atoms with E-state index >= 15 is 0 Å². The Labute approximate surface area is 94.3 Å². The van der Waals surface area contributed by atoms with E-state index in [0.717, 1.165) is 12.4 Å². The first-order chi connectivity index (χ1) is 7.81. The van der Waals surface area contributed by atoms with Gasteiger partial charge in [-0.1, -0.05) is 30.3 Å². The molecule has 0 atom stereocenters. The Balaban J connectivity index is 2.21. The minimum Gasteiger partial charge on any atom is -0.251 e. The molecule has 4 nitrogen and oxygen atoms in total. The van der Waals surface area contributed by atoms with Gasteiger partial charge in [-0.3, -0.25) is 5.26 Å². The van der Waals surface area contributed by atoms with Crippen molar-refractivity contribution >= 4 is 0 Å². The number of hydrogen-bond donors (Lipinski definition) is 1. The summed E-state index contributed by atoms with van der Waals surface area (Å²) in [5, 5.41) is 8.53. The maximum atomic E-state index is 8.53. The highest BCUT2D eigenvalue weighted by Crippen LogP contribution is 2.04. The first kappa shape index (κ1) is 10.9. The van der Waals surface area contributed by atoms with Crippen LogP contribution in [-0.4, -0.2) is 9.82 Å². The Morgan fingerprint density at radius 2 is 2.06 bits per heavy atom. The number of aromatic nitrogens is 2. The van der Waals surface area contributed by atoms with Gasteiger partial charge in [0.05, 0.1) is 7.05 Å². The number of nitrogens with zero attached hydrogens (tertiary/aromatic N) is 2. The second kappa shape index (κ2) is 4.92. The van der Waals surface area contributed by atoms with Crippen LogP contribution in [0.1, 0.15) is 11.4 Å². The molecule has 0 amide bonds. The maximum absolute atomic E-state index is 8.53. The quantitative estimate of drug-likeness (QED) is 0.479. The van der Waals surface area contributed by atoms with Crippen LogP contribution in [-0.2, 0) is 25.1 Å². The lowest BCUT2D eigenvalue weighted by Crippen LogP contribution is -2.32. The fourth-order valence-electron chi connectivity index (χ4n) is 1.72. The largest absolute Gasteiger partial charge is 0.286 e. The van der Waals surface area contributed by atoms with Gasteiger partial charge in [0, 0.05) is 0 Å². The lowest BCUT2D eigenvalue weighted by atomic mass is 10.2. The highest BCUT2D eigenvalue weighted by atomic mass is 17.1. The molecule has 2 aromatic rings. The fourth-order valence-corrected chi connectivity index (χ4v) is 1.72. The molecule has 0 aliphatic carbocycles. The lowest BCUT2D eigenvalue weighted by Gasteiger charge is -2.01. The zero-order valence-corrected chi connectivity index (χ0v) is 9.21. The summed E-state index contributed by atoms with van der Waals surface area (Å²) in [6, 6.07) is 10.2. The summed E-state index contributed by atoms with van der Waals surface area (Å²) >= 11 is 0. The number of hydrogen-bond acceptors (Lipinski definition) is 2. The summed E-state index contributed by atoms with van der Waals surface area (Å²) in [4.78, 5) is 4.20. The first-order valence-corrected chi connectivity index (χ1v) is 5.15. The van der Waals surface area contributed by atoms with Crippen molar-refractivity contribution in [2.45, 2.75) is 13.2 Å². The Morgan fingerprint density at radius 1 is 1.31 bits per heavy atom. The van der Waals surface area contributed by atoms with E-state index in [1.165, 1.54) is 5.56 Å². The summed E-state index contributed by atoms with van der Waals surface area (Å²) in [5.41, 5.74) is 1.22. The van der Waals surface area contributed by atoms with E-state index in [1.54, 1.807) is 0 Å². The third kappa shape index (κ3) is 2.29. The Bertz CT molecular complexity index is 451. The monoisotopic (exact) mass is 219 g/mol. The second-order valence-electron chi connectivity index (χ2n) is 3.71. The maximum Gasteiger partial charge on any atom is 0.286 e. The SMILES string of the molecule is C[n+]1ccn(Cc2ccccc2)c1COO. The normalized spacial score (nSPS) is 10.6. The van der Waals surface area contributed by atoms with Gasteiger partial charge >= 0.3 is 0 Å². The standard InChI is InChI=1S/C12H14N2O2/c1-13-7-8-14(12(13)10-16-15)9-11-5-3-2-4-6-11/h2-8H,9-10H2,1H3/p+1. The molecule has 16 heavy (non-hydrogen) atoms. The summed E-state index contributed by atoms with van der Waals surface area (Å²) in [6.07, 6.45) is 3.92. The molecule has 84 valence electrons. The molecule has 0 saturated heterocycles. The molecule has 0 saturated carbocycles. The predicted molar refractivity (Wildman–Crippen MR) is 58.6 cm³/mol. The summed E-state index contributed by atoms with van der Waals surface area (Å²) < 4.78 is 3.98. The van der Waals surface area contributed by atoms with Crippen molar-refractivity contribution in [3.63, 3.8) is 0 Å². The molecule has 0 fully saturated rings. The molecule has 0 radical (unpaired) electrons. The molecule has 1 heterocycles. The molecular weight excluding hydrogens is 204 g/mol. The Morgan fingerprint density at radius 3 is 2.75 bits per heavy atom. The Hall–Kier alpha value is -1.65. The molecular formula is C12H15N2O2+. The molecule has 0 spiro atoms. The van der Waals surface area contributed by atoms with Crippen LogP contribution < -0.4 is 4.57 Å². The number of imidazole rings is 1. The first-order valence-electron chi connectivity index (χ1n) is 5.15. The molecule has 0 bridgehead atoms. The minimum atomic E-state index is 0.191. The van der Waals surface area contributed by atoms with E-state index in [4.69, 9.17) is 5.26 Å². The van der Waals surface area contributed by atoms with Gasteiger partial charge in [-0.15, -0.1) is 0 Å². The van der Waals surface area contributed by atoms with Crippen molar-refractivity contribution in [1.82, 2.24) is 4.57 Å². The van der Waals surface area contributed by atoms with Crippen molar-refractivity contribution < 1.29 is 14.7 Å². The van der Waals surface area contributed by atoms with Crippen molar-refractivity contribution in [2.75, 3.05) is 0 Å². The second-order valence-corrected chi connectivity index (χ2v) is 3.71. The minimum absolute atomic E-state index is 0.191. The van der Waals surface area contributed by atoms with Gasteiger partial charge in [0.15, 0.2) is 6.61 Å². The van der Waals surface area contributed by atoms with E-state index in [-0.39, 0.29) is 6.61 Å². The fraction of sp³-hybridized carbons (Fsp3) is 0.250. The van der Waals surface area contributed by atoms with Crippen LogP contribution in [0.4, 0.5) is 0 Å². The molecule has 0 unspecified atom stereocenters. The number of aryl methyl sites for hydroxylation is 1. The molecule has 0 aliphatic heterocycles. The predicted octanol–water partition coefficient (Wildman–Crippen LogP) is 1.35. The van der Waals surface area contributed by atoms with Gasteiger partial charge in [-0.05, 0) is 5.56 Å². The summed E-state index contributed by atoms with van der Waals surface area (Å²) in [6.45, 7) is 0.969. The van der Waals surface area contributed by atoms with Crippen molar-refractivity contribution in [2.24, 2.45) is 7.05 Å². The van der Waals surface area contributed by atoms with Crippen molar-refractivity contribution in [3.8, 4) is 0 Å². The van der Waals surface area contributed by atoms with Crippen molar-refractivity contribution in [3.05, 3.63) is 54.1 Å². The van der Waals surface area contributed by atoms with E-state index in [9.17, 15) is 0 Å². The van der Waals surface area contributed by atoms with Crippen LogP contribution in [0.2, 0.25) is 0 Å². The molecule has 4 heteroatoms. The summed E-state index contributed by atoms with van der Waals surface area (Å²) in [5.74, 6) is 0.923. The summed E-state index contributed by atoms with van der Waals surface area (Å²) in [7, 11) is 1.93. The molecule has 1 N–H and O–H groups in total. The van der Waals surface area contributed by atoms with Crippen LogP contribution in [0.15, 0.2) is 42.7 Å². The molecule has 2 rings (SSSR count). The van der Waals surface area contributed by atoms with Crippen LogP contribution in [0.25, 0.3) is 0 Å². The van der Waals surface area contributed by atoms with Crippen molar-refractivity contribution in [1.29, 1.82) is 0 Å². The molecule has 1 aromatic heterocycles. The zero-order valence-electron chi connectivity index (χ0n) is 9.21. The highest BCUT2D eigenvalue weighted by molar-refractivity contribution is 5.15. The van der Waals surface area contributed by atoms with Crippen LogP contribution in [0.5, 0.6) is 0 Å². The van der Waals surface area contributed by atoms with Crippen LogP contribution in [0.3, 0.4) is 0 Å². The number of rotatable bonds is 4. The Kier molecular flexibility index (Phi) is 3.34. The van der Waals surface area contributed by atoms with Gasteiger partial charge in [0.2, 0.25) is 0 Å².